The molecule has 0 saturated carbocycles. The third kappa shape index (κ3) is 33.0. The summed E-state index contributed by atoms with van der Waals surface area (Å²) in [5.41, 5.74) is 0.199. The van der Waals surface area contributed by atoms with Crippen molar-refractivity contribution in [1.29, 1.82) is 0 Å². The topological polar surface area (TPSA) is 46.1 Å². The summed E-state index contributed by atoms with van der Waals surface area (Å²) in [6.45, 7) is 9.40. The maximum absolute atomic E-state index is 8.25. The molecule has 0 saturated heterocycles. The minimum atomic E-state index is 0.0574. The molecule has 21 heavy (non-hydrogen) atoms. The van der Waals surface area contributed by atoms with Crippen LogP contribution in [0, 0.1) is 12.2 Å². The first-order valence-corrected chi connectivity index (χ1v) is 14.2. The molecule has 120 valence electrons. The molecule has 0 spiro atoms. The minimum Gasteiger partial charge on any atom is -0.857 e. The average Bonchev–Trinajstić information content (AvgIpc) is 3.20. The van der Waals surface area contributed by atoms with Crippen LogP contribution in [0.25, 0.3) is 0 Å². The molecule has 0 fully saturated rings. The third-order valence-electron chi connectivity index (χ3n) is 1.67. The molecule has 2 nitrogen and oxygen atoms in total. The molecule has 0 amide bonds. The van der Waals surface area contributed by atoms with E-state index in [1.165, 1.54) is 0 Å². The second kappa shape index (κ2) is 24.8. The summed E-state index contributed by atoms with van der Waals surface area (Å²) in [4.78, 5) is 0. The van der Waals surface area contributed by atoms with E-state index in [0.717, 1.165) is 27.1 Å². The van der Waals surface area contributed by atoms with Crippen LogP contribution >= 0.6 is 0 Å². The van der Waals surface area contributed by atoms with Gasteiger partial charge in [0.2, 0.25) is 0 Å². The molecule has 2 rings (SSSR count). The summed E-state index contributed by atoms with van der Waals surface area (Å²) in [5, 5.41) is 16.5. The summed E-state index contributed by atoms with van der Waals surface area (Å²) in [6, 6.07) is 0. The Kier molecular flexibility index (Phi) is 30.5. The Morgan fingerprint density at radius 1 is 0.905 bits per heavy atom. The molecular formula is C17H28O2SiZr-4. The van der Waals surface area contributed by atoms with Crippen LogP contribution in [0.5, 0.6) is 0 Å². The zero-order valence-electron chi connectivity index (χ0n) is 14.2. The monoisotopic (exact) mass is 382 g/mol. The molecule has 0 heterocycles. The van der Waals surface area contributed by atoms with Crippen LogP contribution in [0.2, 0.25) is 13.1 Å². The van der Waals surface area contributed by atoms with E-state index in [0.29, 0.717) is 0 Å². The normalized spacial score (nSPS) is 11.4. The van der Waals surface area contributed by atoms with Gasteiger partial charge in [-0.25, -0.2) is 24.3 Å². The molecule has 0 N–H and O–H groups in total. The zero-order valence-corrected chi connectivity index (χ0v) is 17.7. The fourth-order valence-corrected chi connectivity index (χ4v) is 9.55. The van der Waals surface area contributed by atoms with Crippen molar-refractivity contribution in [1.82, 2.24) is 0 Å². The van der Waals surface area contributed by atoms with Gasteiger partial charge >= 0.3 is 56.9 Å². The Hall–Kier alpha value is -0.150. The van der Waals surface area contributed by atoms with Crippen LogP contribution in [0.1, 0.15) is 26.7 Å². The van der Waals surface area contributed by atoms with Gasteiger partial charge in [0.25, 0.3) is 0 Å². The van der Waals surface area contributed by atoms with Crippen LogP contribution < -0.4 is 10.2 Å². The van der Waals surface area contributed by atoms with E-state index in [2.05, 4.69) is 51.2 Å². The first-order valence-electron chi connectivity index (χ1n) is 6.75. The first-order chi connectivity index (χ1) is 10.1. The van der Waals surface area contributed by atoms with Gasteiger partial charge in [0.1, 0.15) is 0 Å². The van der Waals surface area contributed by atoms with Gasteiger partial charge in [-0.15, -0.1) is 12.8 Å². The number of hydrogen-bond donors (Lipinski definition) is 0. The van der Waals surface area contributed by atoms with Crippen molar-refractivity contribution in [3.05, 3.63) is 48.6 Å². The summed E-state index contributed by atoms with van der Waals surface area (Å²) < 4.78 is 1.75. The Balaban J connectivity index is -0.000000209. The number of allylic oxidation sites excluding steroid dienone is 8. The molecule has 0 radical (unpaired) electrons. The van der Waals surface area contributed by atoms with E-state index in [4.69, 9.17) is 10.2 Å². The minimum absolute atomic E-state index is 0.0574. The molecule has 0 aromatic rings. The predicted molar refractivity (Wildman–Crippen MR) is 88.8 cm³/mol. The largest absolute Gasteiger partial charge is 0.857 e. The maximum atomic E-state index is 8.25. The number of rotatable bonds is 0. The van der Waals surface area contributed by atoms with Gasteiger partial charge in [-0.2, -0.15) is 26.4 Å². The van der Waals surface area contributed by atoms with E-state index in [-0.39, 0.29) is 26.8 Å². The van der Waals surface area contributed by atoms with Crippen molar-refractivity contribution in [3.63, 3.8) is 0 Å². The standard InChI is InChI=1S/2C5H5.C3H6.C2H6Si.2CH3O.Zr/c2*1-2-4-5-3-1;2*1-3-2;2*1-2;/h2*1-3H,4H2;2*1-2H3;2*1H3;/q2*-1;;;2*-1;. The van der Waals surface area contributed by atoms with E-state index in [1.807, 2.05) is 24.3 Å². The van der Waals surface area contributed by atoms with Crippen molar-refractivity contribution < 1.29 is 31.6 Å². The Bertz CT molecular complexity index is 326. The van der Waals surface area contributed by atoms with E-state index in [9.17, 15) is 0 Å². The summed E-state index contributed by atoms with van der Waals surface area (Å²) in [6.07, 6.45) is 20.0. The first kappa shape index (κ1) is 25.8. The second-order valence-electron chi connectivity index (χ2n) is 4.13. The van der Waals surface area contributed by atoms with Gasteiger partial charge < -0.3 is 10.2 Å². The van der Waals surface area contributed by atoms with Gasteiger partial charge in [0, 0.05) is 0 Å². The maximum Gasteiger partial charge on any atom is -0.109 e. The molecule has 4 heteroatoms. The van der Waals surface area contributed by atoms with Crippen LogP contribution in [0.4, 0.5) is 0 Å². The van der Waals surface area contributed by atoms with Crippen LogP contribution in [0.15, 0.2) is 36.5 Å². The van der Waals surface area contributed by atoms with Gasteiger partial charge in [0.05, 0.1) is 0 Å². The Labute approximate surface area is 142 Å². The van der Waals surface area contributed by atoms with Crippen LogP contribution in [-0.4, -0.2) is 22.9 Å². The average molecular weight is 384 g/mol. The molecule has 2 aliphatic carbocycles. The zero-order chi connectivity index (χ0) is 16.9. The van der Waals surface area contributed by atoms with Crippen molar-refractivity contribution >= 4 is 8.64 Å². The molecular weight excluding hydrogens is 355 g/mol. The SMILES string of the molecule is C[C](C)=[Zr]=[Si](C)C.C[O-].C[O-].[C-]1=CC=CC1.[C-]1=CC=CC1. The van der Waals surface area contributed by atoms with Crippen molar-refractivity contribution in [3.8, 4) is 0 Å². The molecule has 0 unspecified atom stereocenters. The molecule has 2 aliphatic rings. The fraction of sp³-hybridized carbons (Fsp3) is 0.471. The van der Waals surface area contributed by atoms with Gasteiger partial charge in [-0.1, -0.05) is 0 Å². The number of hydrogen-bond acceptors (Lipinski definition) is 2. The van der Waals surface area contributed by atoms with E-state index < -0.39 is 0 Å². The van der Waals surface area contributed by atoms with Crippen molar-refractivity contribution in [2.75, 3.05) is 14.2 Å². The summed E-state index contributed by atoms with van der Waals surface area (Å²) in [5.74, 6) is 0. The predicted octanol–water partition coefficient (Wildman–Crippen LogP) is 2.10. The van der Waals surface area contributed by atoms with Gasteiger partial charge in [-0.3, -0.25) is 12.2 Å². The molecule has 0 bridgehead atoms. The third-order valence-corrected chi connectivity index (χ3v) is 10.0. The fourth-order valence-electron chi connectivity index (χ4n) is 1.18. The van der Waals surface area contributed by atoms with E-state index in [1.54, 1.807) is 3.21 Å². The van der Waals surface area contributed by atoms with Crippen molar-refractivity contribution in [2.45, 2.75) is 39.8 Å². The van der Waals surface area contributed by atoms with Crippen molar-refractivity contribution in [2.24, 2.45) is 0 Å². The van der Waals surface area contributed by atoms with Gasteiger partial charge in [0.15, 0.2) is 0 Å². The molecule has 0 atom stereocenters. The Morgan fingerprint density at radius 2 is 1.29 bits per heavy atom. The molecule has 0 aromatic carbocycles. The Morgan fingerprint density at radius 3 is 1.33 bits per heavy atom. The smallest absolute Gasteiger partial charge is 0.109 e. The summed E-state index contributed by atoms with van der Waals surface area (Å²) >= 11 is 0.0574. The molecule has 0 aliphatic heterocycles. The van der Waals surface area contributed by atoms with Crippen LogP contribution in [0.3, 0.4) is 0 Å². The summed E-state index contributed by atoms with van der Waals surface area (Å²) in [7, 11) is 1.50. The van der Waals surface area contributed by atoms with E-state index >= 15 is 0 Å². The molecule has 0 aromatic heterocycles. The van der Waals surface area contributed by atoms with Crippen LogP contribution in [-0.2, 0) is 21.4 Å². The van der Waals surface area contributed by atoms with Gasteiger partial charge in [-0.05, 0) is 0 Å². The second-order valence-corrected chi connectivity index (χ2v) is 18.1. The quantitative estimate of drug-likeness (QED) is 0.475.